The monoisotopic (exact) mass is 236 g/mol. The first-order chi connectivity index (χ1) is 8.21. The van der Waals surface area contributed by atoms with E-state index < -0.39 is 0 Å². The molecule has 0 bridgehead atoms. The van der Waals surface area contributed by atoms with Crippen LogP contribution in [0.15, 0.2) is 24.3 Å². The largest absolute Gasteiger partial charge is 0.495 e. The zero-order valence-electron chi connectivity index (χ0n) is 10.4. The molecule has 1 aromatic carbocycles. The van der Waals surface area contributed by atoms with Crippen molar-refractivity contribution in [3.63, 3.8) is 0 Å². The fraction of sp³-hybridized carbons (Fsp3) is 0.462. The highest BCUT2D eigenvalue weighted by Gasteiger charge is 2.12. The van der Waals surface area contributed by atoms with Crippen LogP contribution in [-0.4, -0.2) is 19.6 Å². The van der Waals surface area contributed by atoms with Crippen LogP contribution >= 0.6 is 0 Å². The molecule has 1 amide bonds. The molecule has 0 spiro atoms. The molecule has 0 fully saturated rings. The number of para-hydroxylation sites is 2. The average molecular weight is 236 g/mol. The smallest absolute Gasteiger partial charge is 0.224 e. The van der Waals surface area contributed by atoms with Gasteiger partial charge in [-0.05, 0) is 24.6 Å². The predicted molar refractivity (Wildman–Crippen MR) is 69.1 cm³/mol. The number of amides is 1. The lowest BCUT2D eigenvalue weighted by Crippen LogP contribution is -2.21. The van der Waals surface area contributed by atoms with E-state index in [1.807, 2.05) is 31.2 Å². The first-order valence-electron chi connectivity index (χ1n) is 5.84. The molecule has 0 saturated heterocycles. The summed E-state index contributed by atoms with van der Waals surface area (Å²) in [6.07, 6.45) is 1.36. The van der Waals surface area contributed by atoms with Crippen molar-refractivity contribution < 1.29 is 9.53 Å². The third-order valence-corrected chi connectivity index (χ3v) is 2.77. The van der Waals surface area contributed by atoms with Crippen molar-refractivity contribution in [1.29, 1.82) is 0 Å². The van der Waals surface area contributed by atoms with Gasteiger partial charge in [-0.25, -0.2) is 0 Å². The summed E-state index contributed by atoms with van der Waals surface area (Å²) in [5.74, 6) is 0.887. The second kappa shape index (κ2) is 6.91. The van der Waals surface area contributed by atoms with E-state index in [1.165, 1.54) is 0 Å². The number of rotatable bonds is 6. The van der Waals surface area contributed by atoms with Gasteiger partial charge in [0.2, 0.25) is 5.91 Å². The number of carbonyl (C=O) groups excluding carboxylic acids is 1. The lowest BCUT2D eigenvalue weighted by atomic mass is 10.0. The molecule has 1 unspecified atom stereocenters. The molecule has 1 aromatic rings. The fourth-order valence-corrected chi connectivity index (χ4v) is 1.61. The second-order valence-electron chi connectivity index (χ2n) is 3.96. The van der Waals surface area contributed by atoms with E-state index in [0.29, 0.717) is 24.4 Å². The number of nitrogens with one attached hydrogen (secondary N) is 1. The zero-order chi connectivity index (χ0) is 12.7. The topological polar surface area (TPSA) is 64.4 Å². The third kappa shape index (κ3) is 4.07. The Balaban J connectivity index is 2.61. The van der Waals surface area contributed by atoms with E-state index in [-0.39, 0.29) is 11.8 Å². The van der Waals surface area contributed by atoms with Crippen LogP contribution in [0.3, 0.4) is 0 Å². The number of anilines is 1. The molecule has 1 rings (SSSR count). The first-order valence-corrected chi connectivity index (χ1v) is 5.84. The van der Waals surface area contributed by atoms with Gasteiger partial charge in [-0.3, -0.25) is 4.79 Å². The molecule has 3 N–H and O–H groups in total. The Kier molecular flexibility index (Phi) is 5.49. The summed E-state index contributed by atoms with van der Waals surface area (Å²) < 4.78 is 5.16. The summed E-state index contributed by atoms with van der Waals surface area (Å²) in [5, 5.41) is 2.84. The number of nitrogens with two attached hydrogens (primary N) is 1. The van der Waals surface area contributed by atoms with E-state index in [2.05, 4.69) is 5.32 Å². The van der Waals surface area contributed by atoms with E-state index in [4.69, 9.17) is 10.5 Å². The Hall–Kier alpha value is -1.55. The molecule has 0 aliphatic rings. The van der Waals surface area contributed by atoms with Gasteiger partial charge in [0.05, 0.1) is 12.8 Å². The standard InChI is InChI=1S/C13H20N2O2/c1-3-10(9-14)8-13(16)15-11-6-4-5-7-12(11)17-2/h4-7,10H,3,8-9,14H2,1-2H3,(H,15,16). The van der Waals surface area contributed by atoms with Crippen molar-refractivity contribution >= 4 is 11.6 Å². The van der Waals surface area contributed by atoms with Gasteiger partial charge in [0.15, 0.2) is 0 Å². The molecule has 0 aliphatic carbocycles. The fourth-order valence-electron chi connectivity index (χ4n) is 1.61. The van der Waals surface area contributed by atoms with Crippen molar-refractivity contribution in [3.8, 4) is 5.75 Å². The van der Waals surface area contributed by atoms with Crippen LogP contribution in [-0.2, 0) is 4.79 Å². The summed E-state index contributed by atoms with van der Waals surface area (Å²) in [7, 11) is 1.58. The van der Waals surface area contributed by atoms with Crippen LogP contribution in [0, 0.1) is 5.92 Å². The molecule has 0 aromatic heterocycles. The van der Waals surface area contributed by atoms with Crippen LogP contribution in [0.5, 0.6) is 5.75 Å². The van der Waals surface area contributed by atoms with Crippen molar-refractivity contribution in [2.45, 2.75) is 19.8 Å². The van der Waals surface area contributed by atoms with Gasteiger partial charge in [0, 0.05) is 6.42 Å². The maximum Gasteiger partial charge on any atom is 0.224 e. The Morgan fingerprint density at radius 3 is 2.76 bits per heavy atom. The summed E-state index contributed by atoms with van der Waals surface area (Å²) >= 11 is 0. The molecule has 4 heteroatoms. The quantitative estimate of drug-likeness (QED) is 0.794. The van der Waals surface area contributed by atoms with Gasteiger partial charge in [-0.15, -0.1) is 0 Å². The average Bonchev–Trinajstić information content (AvgIpc) is 2.36. The van der Waals surface area contributed by atoms with Crippen LogP contribution in [0.1, 0.15) is 19.8 Å². The van der Waals surface area contributed by atoms with Gasteiger partial charge in [0.25, 0.3) is 0 Å². The summed E-state index contributed by atoms with van der Waals surface area (Å²) in [4.78, 5) is 11.8. The maximum absolute atomic E-state index is 11.8. The summed E-state index contributed by atoms with van der Waals surface area (Å²) in [6, 6.07) is 7.36. The number of carbonyl (C=O) groups is 1. The molecule has 0 saturated carbocycles. The van der Waals surface area contributed by atoms with Gasteiger partial charge < -0.3 is 15.8 Å². The molecular formula is C13H20N2O2. The molecule has 17 heavy (non-hydrogen) atoms. The molecule has 0 radical (unpaired) electrons. The number of hydrogen-bond acceptors (Lipinski definition) is 3. The Bertz CT molecular complexity index is 362. The van der Waals surface area contributed by atoms with Crippen LogP contribution in [0.2, 0.25) is 0 Å². The van der Waals surface area contributed by atoms with E-state index >= 15 is 0 Å². The number of methoxy groups -OCH3 is 1. The SMILES string of the molecule is CCC(CN)CC(=O)Nc1ccccc1OC. The first kappa shape index (κ1) is 13.5. The van der Waals surface area contributed by atoms with Crippen molar-refractivity contribution in [3.05, 3.63) is 24.3 Å². The van der Waals surface area contributed by atoms with Crippen molar-refractivity contribution in [2.75, 3.05) is 19.0 Å². The minimum Gasteiger partial charge on any atom is -0.495 e. The number of ether oxygens (including phenoxy) is 1. The van der Waals surface area contributed by atoms with Crippen molar-refractivity contribution in [2.24, 2.45) is 11.7 Å². The van der Waals surface area contributed by atoms with Crippen LogP contribution in [0.4, 0.5) is 5.69 Å². The van der Waals surface area contributed by atoms with Crippen molar-refractivity contribution in [1.82, 2.24) is 0 Å². The molecule has 0 heterocycles. The van der Waals surface area contributed by atoms with Crippen LogP contribution in [0.25, 0.3) is 0 Å². The highest BCUT2D eigenvalue weighted by atomic mass is 16.5. The van der Waals surface area contributed by atoms with Gasteiger partial charge in [-0.2, -0.15) is 0 Å². The number of hydrogen-bond donors (Lipinski definition) is 2. The molecule has 0 aliphatic heterocycles. The predicted octanol–water partition coefficient (Wildman–Crippen LogP) is 2.01. The molecule has 1 atom stereocenters. The lowest BCUT2D eigenvalue weighted by molar-refractivity contribution is -0.117. The Labute approximate surface area is 102 Å². The minimum absolute atomic E-state index is 0.0215. The molecule has 4 nitrogen and oxygen atoms in total. The molecular weight excluding hydrogens is 216 g/mol. The summed E-state index contributed by atoms with van der Waals surface area (Å²) in [6.45, 7) is 2.57. The maximum atomic E-state index is 11.8. The highest BCUT2D eigenvalue weighted by Crippen LogP contribution is 2.23. The van der Waals surface area contributed by atoms with E-state index in [9.17, 15) is 4.79 Å². The minimum atomic E-state index is -0.0215. The Morgan fingerprint density at radius 2 is 2.18 bits per heavy atom. The highest BCUT2D eigenvalue weighted by molar-refractivity contribution is 5.92. The van der Waals surface area contributed by atoms with Gasteiger partial charge in [0.1, 0.15) is 5.75 Å². The summed E-state index contributed by atoms with van der Waals surface area (Å²) in [5.41, 5.74) is 6.28. The molecule has 94 valence electrons. The normalized spacial score (nSPS) is 11.9. The lowest BCUT2D eigenvalue weighted by Gasteiger charge is -2.13. The second-order valence-corrected chi connectivity index (χ2v) is 3.96. The third-order valence-electron chi connectivity index (χ3n) is 2.77. The zero-order valence-corrected chi connectivity index (χ0v) is 10.4. The number of benzene rings is 1. The van der Waals surface area contributed by atoms with E-state index in [0.717, 1.165) is 6.42 Å². The van der Waals surface area contributed by atoms with Gasteiger partial charge >= 0.3 is 0 Å². The van der Waals surface area contributed by atoms with E-state index in [1.54, 1.807) is 7.11 Å². The van der Waals surface area contributed by atoms with Crippen LogP contribution < -0.4 is 15.8 Å². The van der Waals surface area contributed by atoms with Gasteiger partial charge in [-0.1, -0.05) is 25.5 Å². The Morgan fingerprint density at radius 1 is 1.47 bits per heavy atom.